The normalized spacial score (nSPS) is 13.7. The first kappa shape index (κ1) is 30.9. The van der Waals surface area contributed by atoms with Gasteiger partial charge in [0.25, 0.3) is 0 Å². The average Bonchev–Trinajstić information content (AvgIpc) is 2.81. The van der Waals surface area contributed by atoms with E-state index in [2.05, 4.69) is 97.9 Å². The third kappa shape index (κ3) is 16.2. The minimum absolute atomic E-state index is 1.08. The van der Waals surface area contributed by atoms with Crippen molar-refractivity contribution >= 4 is 7.81 Å². The first-order chi connectivity index (χ1) is 17.2. The number of unbranched alkanes of at least 4 members (excludes halogenated alkanes) is 5. The van der Waals surface area contributed by atoms with Gasteiger partial charge in [-0.15, -0.1) is 0 Å². The van der Waals surface area contributed by atoms with Crippen LogP contribution in [0.4, 0.5) is 25.2 Å². The number of quaternary nitrogens is 1. The van der Waals surface area contributed by atoms with E-state index in [1.54, 1.807) is 0 Å². The molecule has 0 saturated heterocycles. The molecule has 206 valence electrons. The van der Waals surface area contributed by atoms with Crippen molar-refractivity contribution in [3.63, 3.8) is 0 Å². The molecular formula is C29H38F6NP. The van der Waals surface area contributed by atoms with Gasteiger partial charge in [-0.1, -0.05) is 124 Å². The number of hydrogen-bond donors (Lipinski definition) is 0. The van der Waals surface area contributed by atoms with Gasteiger partial charge in [0.1, 0.15) is 19.6 Å². The summed E-state index contributed by atoms with van der Waals surface area (Å²) >= 11 is 0. The summed E-state index contributed by atoms with van der Waals surface area (Å²) in [5.74, 6) is 0. The molecule has 3 rings (SSSR count). The van der Waals surface area contributed by atoms with Gasteiger partial charge in [-0.2, -0.15) is 0 Å². The molecule has 0 spiro atoms. The summed E-state index contributed by atoms with van der Waals surface area (Å²) in [6.45, 7) is 6.77. The molecule has 0 bridgehead atoms. The van der Waals surface area contributed by atoms with Gasteiger partial charge in [0.15, 0.2) is 0 Å². The van der Waals surface area contributed by atoms with Crippen molar-refractivity contribution in [1.29, 1.82) is 0 Å². The summed E-state index contributed by atoms with van der Waals surface area (Å²) in [6.07, 6.45) is 8.09. The molecule has 0 N–H and O–H groups in total. The zero-order chi connectivity index (χ0) is 27.3. The van der Waals surface area contributed by atoms with Crippen molar-refractivity contribution in [3.8, 4) is 0 Å². The van der Waals surface area contributed by atoms with Crippen LogP contribution in [0.5, 0.6) is 0 Å². The van der Waals surface area contributed by atoms with Crippen molar-refractivity contribution < 1.29 is 29.7 Å². The van der Waals surface area contributed by atoms with Gasteiger partial charge in [0, 0.05) is 16.7 Å². The zero-order valence-corrected chi connectivity index (χ0v) is 22.3. The molecule has 0 atom stereocenters. The average molecular weight is 546 g/mol. The number of rotatable bonds is 13. The van der Waals surface area contributed by atoms with Gasteiger partial charge >= 0.3 is 33.0 Å². The third-order valence-electron chi connectivity index (χ3n) is 6.07. The Kier molecular flexibility index (Phi) is 10.8. The number of benzene rings is 3. The quantitative estimate of drug-likeness (QED) is 0.0867. The second-order valence-corrected chi connectivity index (χ2v) is 11.6. The van der Waals surface area contributed by atoms with Crippen molar-refractivity contribution in [2.24, 2.45) is 0 Å². The molecule has 0 radical (unpaired) electrons. The third-order valence-corrected chi connectivity index (χ3v) is 6.07. The SMILES string of the molecule is CCCCCCCC[N+](Cc1ccccc1)(Cc1ccccc1)Cc1ccccc1.F[P-](F)(F)(F)(F)F. The molecule has 3 aromatic rings. The molecule has 0 heterocycles. The van der Waals surface area contributed by atoms with E-state index in [0.717, 1.165) is 24.1 Å². The summed E-state index contributed by atoms with van der Waals surface area (Å²) in [5.41, 5.74) is 4.32. The van der Waals surface area contributed by atoms with Crippen LogP contribution in [-0.2, 0) is 19.6 Å². The van der Waals surface area contributed by atoms with Crippen molar-refractivity contribution in [2.45, 2.75) is 65.1 Å². The van der Waals surface area contributed by atoms with Gasteiger partial charge in [-0.3, -0.25) is 0 Å². The second kappa shape index (κ2) is 12.9. The molecule has 0 aliphatic rings. The topological polar surface area (TPSA) is 0 Å². The van der Waals surface area contributed by atoms with E-state index in [9.17, 15) is 25.2 Å². The monoisotopic (exact) mass is 545 g/mol. The van der Waals surface area contributed by atoms with E-state index in [0.29, 0.717) is 0 Å². The van der Waals surface area contributed by atoms with Gasteiger partial charge in [0.2, 0.25) is 0 Å². The second-order valence-electron chi connectivity index (χ2n) is 9.72. The maximum absolute atomic E-state index is 10.7. The van der Waals surface area contributed by atoms with Crippen LogP contribution in [0.3, 0.4) is 0 Å². The van der Waals surface area contributed by atoms with Crippen LogP contribution in [0.15, 0.2) is 91.0 Å². The molecule has 0 aliphatic heterocycles. The first-order valence-corrected chi connectivity index (χ1v) is 14.8. The molecule has 0 amide bonds. The Bertz CT molecular complexity index is 914. The minimum atomic E-state index is -10.7. The van der Waals surface area contributed by atoms with Crippen molar-refractivity contribution in [2.75, 3.05) is 6.54 Å². The van der Waals surface area contributed by atoms with Crippen LogP contribution in [0, 0.1) is 0 Å². The Morgan fingerprint density at radius 3 is 1.11 bits per heavy atom. The van der Waals surface area contributed by atoms with E-state index >= 15 is 0 Å². The Hall–Kier alpha value is -2.37. The molecule has 0 saturated carbocycles. The van der Waals surface area contributed by atoms with Crippen LogP contribution >= 0.6 is 7.81 Å². The molecular weight excluding hydrogens is 507 g/mol. The van der Waals surface area contributed by atoms with Gasteiger partial charge in [-0.25, -0.2) is 0 Å². The fraction of sp³-hybridized carbons (Fsp3) is 0.379. The summed E-state index contributed by atoms with van der Waals surface area (Å²) in [7, 11) is -10.7. The Morgan fingerprint density at radius 2 is 0.784 bits per heavy atom. The van der Waals surface area contributed by atoms with Gasteiger partial charge < -0.3 is 4.48 Å². The van der Waals surface area contributed by atoms with E-state index in [1.807, 2.05) is 0 Å². The molecule has 8 heteroatoms. The summed E-state index contributed by atoms with van der Waals surface area (Å²) in [4.78, 5) is 0. The van der Waals surface area contributed by atoms with Crippen LogP contribution in [0.1, 0.15) is 62.1 Å². The number of halogens is 6. The molecule has 0 fully saturated rings. The Morgan fingerprint density at radius 1 is 0.486 bits per heavy atom. The van der Waals surface area contributed by atoms with Gasteiger partial charge in [0.05, 0.1) is 6.54 Å². The summed E-state index contributed by atoms with van der Waals surface area (Å²) < 4.78 is 60.3. The fourth-order valence-electron chi connectivity index (χ4n) is 4.54. The van der Waals surface area contributed by atoms with E-state index in [1.165, 1.54) is 61.8 Å². The molecule has 3 aromatic carbocycles. The fourth-order valence-corrected chi connectivity index (χ4v) is 4.54. The Balaban J connectivity index is 0.000000604. The molecule has 0 aliphatic carbocycles. The first-order valence-electron chi connectivity index (χ1n) is 12.8. The molecule has 1 nitrogen and oxygen atoms in total. The van der Waals surface area contributed by atoms with Gasteiger partial charge in [-0.05, 0) is 12.8 Å². The summed E-state index contributed by atoms with van der Waals surface area (Å²) in [6, 6.07) is 33.2. The zero-order valence-electron chi connectivity index (χ0n) is 21.4. The van der Waals surface area contributed by atoms with E-state index < -0.39 is 7.81 Å². The molecule has 37 heavy (non-hydrogen) atoms. The predicted molar refractivity (Wildman–Crippen MR) is 143 cm³/mol. The van der Waals surface area contributed by atoms with Crippen LogP contribution < -0.4 is 0 Å². The predicted octanol–water partition coefficient (Wildman–Crippen LogP) is 11.1. The van der Waals surface area contributed by atoms with E-state index in [4.69, 9.17) is 0 Å². The van der Waals surface area contributed by atoms with Crippen molar-refractivity contribution in [1.82, 2.24) is 0 Å². The number of hydrogen-bond acceptors (Lipinski definition) is 0. The van der Waals surface area contributed by atoms with Crippen LogP contribution in [0.25, 0.3) is 0 Å². The van der Waals surface area contributed by atoms with Crippen molar-refractivity contribution in [3.05, 3.63) is 108 Å². The van der Waals surface area contributed by atoms with Crippen LogP contribution in [-0.4, -0.2) is 11.0 Å². The Labute approximate surface area is 217 Å². The number of nitrogens with zero attached hydrogens (tertiary/aromatic N) is 1. The standard InChI is InChI=1S/C29H38N.F6P/c1-2-3-4-5-6-16-23-30(24-27-17-10-7-11-18-27,25-28-19-12-8-13-20-28)26-29-21-14-9-15-22-29;1-7(2,3,4,5)6/h7-15,17-22H,2-6,16,23-26H2,1H3;/q+1;-1. The van der Waals surface area contributed by atoms with Crippen LogP contribution in [0.2, 0.25) is 0 Å². The molecule has 0 unspecified atom stereocenters. The maximum atomic E-state index is 9.87. The van der Waals surface area contributed by atoms with E-state index in [-0.39, 0.29) is 0 Å². The molecule has 0 aromatic heterocycles. The summed E-state index contributed by atoms with van der Waals surface area (Å²) in [5, 5.41) is 0.